The van der Waals surface area contributed by atoms with Crippen LogP contribution in [0.25, 0.3) is 44.6 Å². The highest BCUT2D eigenvalue weighted by atomic mass is 35.5. The van der Waals surface area contributed by atoms with Crippen LogP contribution in [0, 0.1) is 11.3 Å². The molecule has 0 aliphatic carbocycles. The molecule has 0 saturated heterocycles. The summed E-state index contributed by atoms with van der Waals surface area (Å²) < 4.78 is 0. The van der Waals surface area contributed by atoms with Crippen molar-refractivity contribution in [1.82, 2.24) is 19.9 Å². The average Bonchev–Trinajstić information content (AvgIpc) is 2.78. The van der Waals surface area contributed by atoms with Crippen LogP contribution in [0.3, 0.4) is 0 Å². The third kappa shape index (κ3) is 3.08. The second-order valence-electron chi connectivity index (χ2n) is 6.70. The number of nitrogens with one attached hydrogen (secondary N) is 1. The Balaban J connectivity index is 1.85. The van der Waals surface area contributed by atoms with Gasteiger partial charge in [-0.1, -0.05) is 29.8 Å². The summed E-state index contributed by atoms with van der Waals surface area (Å²) in [5, 5.41) is 10.7. The van der Waals surface area contributed by atoms with Gasteiger partial charge in [0.2, 0.25) is 5.56 Å². The van der Waals surface area contributed by atoms with Crippen LogP contribution in [0.15, 0.2) is 71.7 Å². The van der Waals surface area contributed by atoms with Crippen LogP contribution < -0.4 is 5.56 Å². The third-order valence-corrected chi connectivity index (χ3v) is 5.04. The predicted molar refractivity (Wildman–Crippen MR) is 116 cm³/mol. The fraction of sp³-hybridized carbons (Fsp3) is 0. The molecule has 0 fully saturated rings. The van der Waals surface area contributed by atoms with Crippen LogP contribution in [0.4, 0.5) is 0 Å². The van der Waals surface area contributed by atoms with Crippen LogP contribution >= 0.6 is 11.6 Å². The number of halogens is 1. The van der Waals surface area contributed by atoms with Gasteiger partial charge in [-0.25, -0.2) is 9.97 Å². The summed E-state index contributed by atoms with van der Waals surface area (Å²) in [6.45, 7) is 0. The van der Waals surface area contributed by atoms with E-state index in [1.54, 1.807) is 36.5 Å². The zero-order valence-corrected chi connectivity index (χ0v) is 16.2. The lowest BCUT2D eigenvalue weighted by Crippen LogP contribution is -2.06. The lowest BCUT2D eigenvalue weighted by Gasteiger charge is -2.12. The SMILES string of the molecule is N#Cc1cccc(-c2nc3[nH]c(=O)ccc3nc2-c2cc(Cl)c3ncccc3c2)c1. The number of benzene rings is 2. The van der Waals surface area contributed by atoms with Crippen molar-refractivity contribution in [2.45, 2.75) is 0 Å². The Bertz CT molecular complexity index is 1550. The molecule has 30 heavy (non-hydrogen) atoms. The van der Waals surface area contributed by atoms with E-state index in [1.165, 1.54) is 6.07 Å². The molecular weight excluding hydrogens is 398 g/mol. The number of H-pyrrole nitrogens is 1. The quantitative estimate of drug-likeness (QED) is 0.455. The van der Waals surface area contributed by atoms with Crippen molar-refractivity contribution in [3.05, 3.63) is 87.8 Å². The Morgan fingerprint density at radius 3 is 2.67 bits per heavy atom. The zero-order chi connectivity index (χ0) is 20.7. The molecule has 6 nitrogen and oxygen atoms in total. The molecule has 5 aromatic rings. The first-order valence-corrected chi connectivity index (χ1v) is 9.46. The molecule has 3 heterocycles. The first-order valence-electron chi connectivity index (χ1n) is 9.09. The van der Waals surface area contributed by atoms with E-state index in [2.05, 4.69) is 21.0 Å². The van der Waals surface area contributed by atoms with Gasteiger partial charge in [-0.05, 0) is 36.4 Å². The van der Waals surface area contributed by atoms with Crippen molar-refractivity contribution >= 4 is 33.7 Å². The van der Waals surface area contributed by atoms with Crippen LogP contribution in [-0.4, -0.2) is 19.9 Å². The van der Waals surface area contributed by atoms with E-state index in [0.29, 0.717) is 44.2 Å². The molecule has 0 aliphatic rings. The Hall–Kier alpha value is -4.08. The maximum Gasteiger partial charge on any atom is 0.249 e. The largest absolute Gasteiger partial charge is 0.305 e. The fourth-order valence-corrected chi connectivity index (χ4v) is 3.67. The van der Waals surface area contributed by atoms with Crippen molar-refractivity contribution in [1.29, 1.82) is 5.26 Å². The molecule has 0 aliphatic heterocycles. The number of aromatic nitrogens is 4. The Morgan fingerprint density at radius 1 is 0.933 bits per heavy atom. The number of aromatic amines is 1. The topological polar surface area (TPSA) is 95.3 Å². The van der Waals surface area contributed by atoms with Gasteiger partial charge in [0.1, 0.15) is 5.52 Å². The molecule has 0 spiro atoms. The van der Waals surface area contributed by atoms with Gasteiger partial charge in [0.05, 0.1) is 33.6 Å². The van der Waals surface area contributed by atoms with E-state index < -0.39 is 0 Å². The number of fused-ring (bicyclic) bond motifs is 2. The number of pyridine rings is 2. The van der Waals surface area contributed by atoms with Gasteiger partial charge in [0.25, 0.3) is 0 Å². The molecule has 142 valence electrons. The fourth-order valence-electron chi connectivity index (χ4n) is 3.39. The highest BCUT2D eigenvalue weighted by molar-refractivity contribution is 6.35. The van der Waals surface area contributed by atoms with Gasteiger partial charge in [-0.15, -0.1) is 0 Å². The summed E-state index contributed by atoms with van der Waals surface area (Å²) in [7, 11) is 0. The van der Waals surface area contributed by atoms with E-state index >= 15 is 0 Å². The number of hydrogen-bond donors (Lipinski definition) is 1. The lowest BCUT2D eigenvalue weighted by molar-refractivity contribution is 1.19. The summed E-state index contributed by atoms with van der Waals surface area (Å²) >= 11 is 6.50. The normalized spacial score (nSPS) is 10.9. The molecule has 0 radical (unpaired) electrons. The van der Waals surface area contributed by atoms with Gasteiger partial charge >= 0.3 is 0 Å². The summed E-state index contributed by atoms with van der Waals surface area (Å²) in [5.74, 6) is 0. The van der Waals surface area contributed by atoms with E-state index in [9.17, 15) is 10.1 Å². The molecule has 0 amide bonds. The highest BCUT2D eigenvalue weighted by Crippen LogP contribution is 2.34. The minimum atomic E-state index is -0.263. The second kappa shape index (κ2) is 7.07. The molecule has 0 saturated carbocycles. The molecule has 0 atom stereocenters. The number of nitrogens with zero attached hydrogens (tertiary/aromatic N) is 4. The van der Waals surface area contributed by atoms with Crippen LogP contribution in [0.2, 0.25) is 5.02 Å². The zero-order valence-electron chi connectivity index (χ0n) is 15.4. The molecule has 0 unspecified atom stereocenters. The predicted octanol–water partition coefficient (Wildman–Crippen LogP) is 4.73. The van der Waals surface area contributed by atoms with Gasteiger partial charge in [-0.2, -0.15) is 5.26 Å². The van der Waals surface area contributed by atoms with Crippen molar-refractivity contribution in [2.24, 2.45) is 0 Å². The summed E-state index contributed by atoms with van der Waals surface area (Å²) in [6, 6.07) is 19.8. The summed E-state index contributed by atoms with van der Waals surface area (Å²) in [5.41, 5.74) is 4.48. The number of hydrogen-bond acceptors (Lipinski definition) is 5. The van der Waals surface area contributed by atoms with Crippen molar-refractivity contribution in [2.75, 3.05) is 0 Å². The Morgan fingerprint density at radius 2 is 1.80 bits per heavy atom. The van der Waals surface area contributed by atoms with Crippen LogP contribution in [0.1, 0.15) is 5.56 Å². The van der Waals surface area contributed by atoms with E-state index in [1.807, 2.05) is 24.3 Å². The lowest BCUT2D eigenvalue weighted by atomic mass is 10.0. The van der Waals surface area contributed by atoms with Gasteiger partial charge in [-0.3, -0.25) is 9.78 Å². The maximum atomic E-state index is 11.8. The minimum absolute atomic E-state index is 0.263. The minimum Gasteiger partial charge on any atom is -0.305 e. The summed E-state index contributed by atoms with van der Waals surface area (Å²) in [4.78, 5) is 28.3. The van der Waals surface area contributed by atoms with E-state index in [4.69, 9.17) is 16.6 Å². The molecule has 7 heteroatoms. The van der Waals surface area contributed by atoms with Gasteiger partial charge in [0, 0.05) is 28.8 Å². The van der Waals surface area contributed by atoms with E-state index in [0.717, 1.165) is 10.9 Å². The Kier molecular flexibility index (Phi) is 4.24. The van der Waals surface area contributed by atoms with Gasteiger partial charge in [0.15, 0.2) is 5.65 Å². The number of nitriles is 1. The number of rotatable bonds is 2. The Labute approximate surface area is 175 Å². The van der Waals surface area contributed by atoms with Crippen molar-refractivity contribution in [3.8, 4) is 28.6 Å². The molecule has 0 bridgehead atoms. The maximum absolute atomic E-state index is 11.8. The molecular formula is C23H12ClN5O. The molecule has 2 aromatic carbocycles. The van der Waals surface area contributed by atoms with Gasteiger partial charge < -0.3 is 4.98 Å². The van der Waals surface area contributed by atoms with Crippen LogP contribution in [0.5, 0.6) is 0 Å². The highest BCUT2D eigenvalue weighted by Gasteiger charge is 2.16. The third-order valence-electron chi connectivity index (χ3n) is 4.75. The first kappa shape index (κ1) is 18.0. The second-order valence-corrected chi connectivity index (χ2v) is 7.11. The monoisotopic (exact) mass is 409 g/mol. The first-order chi connectivity index (χ1) is 14.6. The molecule has 5 rings (SSSR count). The van der Waals surface area contributed by atoms with Crippen molar-refractivity contribution < 1.29 is 0 Å². The van der Waals surface area contributed by atoms with Crippen molar-refractivity contribution in [3.63, 3.8) is 0 Å². The molecule has 1 N–H and O–H groups in total. The smallest absolute Gasteiger partial charge is 0.249 e. The van der Waals surface area contributed by atoms with Crippen LogP contribution in [-0.2, 0) is 0 Å². The van der Waals surface area contributed by atoms with E-state index in [-0.39, 0.29) is 5.56 Å². The summed E-state index contributed by atoms with van der Waals surface area (Å²) in [6.07, 6.45) is 1.69. The average molecular weight is 410 g/mol. The standard InChI is InChI=1S/C23H12ClN5O/c24-17-11-16(10-15-5-2-8-26-20(15)17)22-21(14-4-1-3-13(9-14)12-25)29-23-18(27-22)6-7-19(30)28-23/h1-11H,(H,28,29,30). The molecule has 3 aromatic heterocycles.